The minimum atomic E-state index is -0.232. The molecule has 4 fully saturated rings. The van der Waals surface area contributed by atoms with Crippen LogP contribution in [0, 0.1) is 17.3 Å². The molecule has 4 aliphatic carbocycles. The van der Waals surface area contributed by atoms with E-state index in [-0.39, 0.29) is 16.7 Å². The summed E-state index contributed by atoms with van der Waals surface area (Å²) >= 11 is 0. The third-order valence-electron chi connectivity index (χ3n) is 6.29. The lowest BCUT2D eigenvalue weighted by atomic mass is 9.42. The third kappa shape index (κ3) is 1.82. The van der Waals surface area contributed by atoms with Crippen LogP contribution < -0.4 is 10.5 Å². The number of carbonyl (C=O) groups excluding carboxylic acids is 1. The lowest BCUT2D eigenvalue weighted by Crippen LogP contribution is -2.58. The summed E-state index contributed by atoms with van der Waals surface area (Å²) in [4.78, 5) is 12.1. The Labute approximate surface area is 125 Å². The van der Waals surface area contributed by atoms with Crippen LogP contribution in [0.25, 0.3) is 0 Å². The molecular weight excluding hydrogens is 262 g/mol. The van der Waals surface area contributed by atoms with E-state index in [1.807, 2.05) is 12.1 Å². The molecule has 1 aromatic rings. The van der Waals surface area contributed by atoms with Crippen LogP contribution in [-0.4, -0.2) is 13.0 Å². The zero-order valence-electron chi connectivity index (χ0n) is 12.6. The highest BCUT2D eigenvalue weighted by molar-refractivity contribution is 5.81. The van der Waals surface area contributed by atoms with E-state index in [1.54, 1.807) is 7.11 Å². The summed E-state index contributed by atoms with van der Waals surface area (Å²) in [6.07, 6.45) is 6.75. The Hall–Kier alpha value is -1.51. The van der Waals surface area contributed by atoms with E-state index in [4.69, 9.17) is 10.5 Å². The lowest BCUT2D eigenvalue weighted by Gasteiger charge is -2.61. The Morgan fingerprint density at radius 1 is 1.14 bits per heavy atom. The van der Waals surface area contributed by atoms with Crippen molar-refractivity contribution in [2.24, 2.45) is 23.0 Å². The van der Waals surface area contributed by atoms with Gasteiger partial charge < -0.3 is 10.5 Å². The Bertz CT molecular complexity index is 563. The van der Waals surface area contributed by atoms with Crippen molar-refractivity contribution < 1.29 is 9.53 Å². The summed E-state index contributed by atoms with van der Waals surface area (Å²) in [6, 6.07) is 8.48. The molecule has 1 amide bonds. The van der Waals surface area contributed by atoms with Gasteiger partial charge in [-0.1, -0.05) is 12.1 Å². The molecule has 5 rings (SSSR count). The minimum Gasteiger partial charge on any atom is -0.497 e. The predicted molar refractivity (Wildman–Crippen MR) is 81.0 cm³/mol. The van der Waals surface area contributed by atoms with Crippen LogP contribution in [-0.2, 0) is 10.2 Å². The van der Waals surface area contributed by atoms with Gasteiger partial charge in [-0.15, -0.1) is 0 Å². The van der Waals surface area contributed by atoms with E-state index in [0.29, 0.717) is 11.8 Å². The highest BCUT2D eigenvalue weighted by Gasteiger charge is 2.60. The fourth-order valence-electron chi connectivity index (χ4n) is 5.83. The molecule has 2 N–H and O–H groups in total. The number of nitrogens with two attached hydrogens (primary N) is 1. The fraction of sp³-hybridized carbons (Fsp3) is 0.611. The summed E-state index contributed by atoms with van der Waals surface area (Å²) in [5, 5.41) is 0. The maximum Gasteiger partial charge on any atom is 0.223 e. The van der Waals surface area contributed by atoms with Crippen molar-refractivity contribution in [2.75, 3.05) is 7.11 Å². The summed E-state index contributed by atoms with van der Waals surface area (Å²) < 4.78 is 5.27. The van der Waals surface area contributed by atoms with Crippen molar-refractivity contribution in [1.82, 2.24) is 0 Å². The molecule has 2 atom stereocenters. The van der Waals surface area contributed by atoms with E-state index in [2.05, 4.69) is 12.1 Å². The monoisotopic (exact) mass is 285 g/mol. The quantitative estimate of drug-likeness (QED) is 0.928. The summed E-state index contributed by atoms with van der Waals surface area (Å²) in [5.41, 5.74) is 7.13. The Morgan fingerprint density at radius 2 is 1.76 bits per heavy atom. The van der Waals surface area contributed by atoms with E-state index in [1.165, 1.54) is 24.8 Å². The van der Waals surface area contributed by atoms with Crippen molar-refractivity contribution in [1.29, 1.82) is 0 Å². The van der Waals surface area contributed by atoms with E-state index in [0.717, 1.165) is 25.0 Å². The van der Waals surface area contributed by atoms with Gasteiger partial charge in [-0.3, -0.25) is 4.79 Å². The third-order valence-corrected chi connectivity index (χ3v) is 6.29. The molecule has 4 saturated carbocycles. The van der Waals surface area contributed by atoms with E-state index >= 15 is 0 Å². The maximum atomic E-state index is 12.1. The summed E-state index contributed by atoms with van der Waals surface area (Å²) in [7, 11) is 1.70. The van der Waals surface area contributed by atoms with Gasteiger partial charge in [-0.25, -0.2) is 0 Å². The summed E-state index contributed by atoms with van der Waals surface area (Å²) in [6.45, 7) is 0. The minimum absolute atomic E-state index is 0.0607. The molecule has 0 aromatic heterocycles. The first-order valence-corrected chi connectivity index (χ1v) is 8.00. The highest BCUT2D eigenvalue weighted by atomic mass is 16.5. The highest BCUT2D eigenvalue weighted by Crippen LogP contribution is 2.65. The number of primary amides is 1. The van der Waals surface area contributed by atoms with Crippen molar-refractivity contribution in [2.45, 2.75) is 43.9 Å². The largest absolute Gasteiger partial charge is 0.497 e. The van der Waals surface area contributed by atoms with E-state index in [9.17, 15) is 4.79 Å². The van der Waals surface area contributed by atoms with Crippen LogP contribution in [0.15, 0.2) is 24.3 Å². The number of benzene rings is 1. The molecule has 21 heavy (non-hydrogen) atoms. The van der Waals surface area contributed by atoms with Crippen LogP contribution in [0.5, 0.6) is 5.75 Å². The second-order valence-corrected chi connectivity index (χ2v) is 7.61. The second kappa shape index (κ2) is 4.25. The van der Waals surface area contributed by atoms with Crippen LogP contribution in [0.3, 0.4) is 0 Å². The Balaban J connectivity index is 1.75. The number of carbonyl (C=O) groups is 1. The van der Waals surface area contributed by atoms with E-state index < -0.39 is 0 Å². The van der Waals surface area contributed by atoms with Crippen molar-refractivity contribution in [3.63, 3.8) is 0 Å². The maximum absolute atomic E-state index is 12.1. The van der Waals surface area contributed by atoms with Crippen LogP contribution in [0.1, 0.15) is 44.1 Å². The van der Waals surface area contributed by atoms with Crippen LogP contribution in [0.2, 0.25) is 0 Å². The van der Waals surface area contributed by atoms with Crippen molar-refractivity contribution >= 4 is 5.91 Å². The van der Waals surface area contributed by atoms with Crippen molar-refractivity contribution in [3.8, 4) is 5.75 Å². The molecule has 0 spiro atoms. The van der Waals surface area contributed by atoms with Gasteiger partial charge in [0.15, 0.2) is 0 Å². The zero-order valence-corrected chi connectivity index (χ0v) is 12.6. The molecule has 1 aromatic carbocycles. The SMILES string of the molecule is COc1ccc(C23C[C@@H]4C[C@H](CC(C(N)=O)(C4)C2)C3)cc1. The Kier molecular flexibility index (Phi) is 2.66. The molecule has 0 aliphatic heterocycles. The van der Waals surface area contributed by atoms with Gasteiger partial charge in [-0.05, 0) is 73.5 Å². The van der Waals surface area contributed by atoms with Gasteiger partial charge in [0.1, 0.15) is 5.75 Å². The van der Waals surface area contributed by atoms with Gasteiger partial charge in [0, 0.05) is 0 Å². The predicted octanol–water partition coefficient (Wildman–Crippen LogP) is 3.02. The summed E-state index contributed by atoms with van der Waals surface area (Å²) in [5.74, 6) is 2.20. The standard InChI is InChI=1S/C18H23NO2/c1-21-15-4-2-14(3-5-15)17-7-12-6-13(8-17)10-18(9-12,11-17)16(19)20/h2-5,12-13H,6-11H2,1H3,(H2,19,20)/t12-,13-,17?,18?/m0/s1. The van der Waals surface area contributed by atoms with Gasteiger partial charge in [-0.2, -0.15) is 0 Å². The number of amides is 1. The number of hydrogen-bond donors (Lipinski definition) is 1. The fourth-order valence-corrected chi connectivity index (χ4v) is 5.83. The average molecular weight is 285 g/mol. The van der Waals surface area contributed by atoms with Gasteiger partial charge in [0.25, 0.3) is 0 Å². The normalized spacial score (nSPS) is 40.2. The number of rotatable bonds is 3. The molecule has 0 radical (unpaired) electrons. The van der Waals surface area contributed by atoms with Gasteiger partial charge in [0.05, 0.1) is 12.5 Å². The molecule has 4 aliphatic rings. The molecule has 3 nitrogen and oxygen atoms in total. The molecule has 0 heterocycles. The number of hydrogen-bond acceptors (Lipinski definition) is 2. The molecule has 0 saturated heterocycles. The van der Waals surface area contributed by atoms with Gasteiger partial charge >= 0.3 is 0 Å². The number of methoxy groups -OCH3 is 1. The first-order valence-electron chi connectivity index (χ1n) is 8.00. The first-order chi connectivity index (χ1) is 10.1. The first kappa shape index (κ1) is 13.2. The van der Waals surface area contributed by atoms with Gasteiger partial charge in [0.2, 0.25) is 5.91 Å². The zero-order chi connectivity index (χ0) is 14.7. The second-order valence-electron chi connectivity index (χ2n) is 7.61. The molecule has 3 heteroatoms. The molecule has 112 valence electrons. The van der Waals surface area contributed by atoms with Crippen LogP contribution in [0.4, 0.5) is 0 Å². The molecule has 4 bridgehead atoms. The van der Waals surface area contributed by atoms with Crippen LogP contribution >= 0.6 is 0 Å². The smallest absolute Gasteiger partial charge is 0.223 e. The van der Waals surface area contributed by atoms with Crippen molar-refractivity contribution in [3.05, 3.63) is 29.8 Å². The number of ether oxygens (including phenoxy) is 1. The molecular formula is C18H23NO2. The molecule has 0 unspecified atom stereocenters. The topological polar surface area (TPSA) is 52.3 Å². The lowest BCUT2D eigenvalue weighted by molar-refractivity contribution is -0.145. The Morgan fingerprint density at radius 3 is 2.29 bits per heavy atom. The average Bonchev–Trinajstić information content (AvgIpc) is 2.46.